The fourth-order valence-corrected chi connectivity index (χ4v) is 1.99. The lowest BCUT2D eigenvalue weighted by molar-refractivity contribution is -0.418. The van der Waals surface area contributed by atoms with E-state index < -0.39 is 15.7 Å². The second-order valence-electron chi connectivity index (χ2n) is 2.76. The molecule has 1 unspecified atom stereocenters. The van der Waals surface area contributed by atoms with Crippen molar-refractivity contribution in [2.24, 2.45) is 0 Å². The Bertz CT molecular complexity index is 305. The number of nitro groups is 1. The van der Waals surface area contributed by atoms with E-state index in [1.165, 1.54) is 12.2 Å². The fraction of sp³-hybridized carbons (Fsp3) is 0.375. The fourth-order valence-electron chi connectivity index (χ4n) is 0.783. The SMILES string of the molecule is CC(C)OS1=CC=C([N+](=O)[O-])C=C1. The molecule has 0 spiro atoms. The predicted octanol–water partition coefficient (Wildman–Crippen LogP) is 2.09. The summed E-state index contributed by atoms with van der Waals surface area (Å²) in [5, 5.41) is 13.7. The van der Waals surface area contributed by atoms with E-state index in [0.29, 0.717) is 0 Å². The summed E-state index contributed by atoms with van der Waals surface area (Å²) in [7, 11) is -0.398. The Hall–Kier alpha value is -0.940. The van der Waals surface area contributed by atoms with Crippen molar-refractivity contribution in [2.45, 2.75) is 20.0 Å². The first kappa shape index (κ1) is 10.1. The quantitative estimate of drug-likeness (QED) is 0.399. The minimum Gasteiger partial charge on any atom is -0.316 e. The van der Waals surface area contributed by atoms with Crippen LogP contribution in [-0.2, 0) is 4.18 Å². The summed E-state index contributed by atoms with van der Waals surface area (Å²) in [6.07, 6.45) is 3.09. The molecule has 72 valence electrons. The molecule has 0 fully saturated rings. The van der Waals surface area contributed by atoms with Crippen LogP contribution in [-0.4, -0.2) is 16.4 Å². The molecule has 1 atom stereocenters. The normalized spacial score (nSPS) is 21.2. The molecule has 1 aliphatic heterocycles. The average Bonchev–Trinajstić information content (AvgIpc) is 2.04. The van der Waals surface area contributed by atoms with Crippen molar-refractivity contribution in [3.05, 3.63) is 33.4 Å². The highest BCUT2D eigenvalue weighted by molar-refractivity contribution is 8.13. The van der Waals surface area contributed by atoms with Gasteiger partial charge in [-0.1, -0.05) is 0 Å². The van der Waals surface area contributed by atoms with Gasteiger partial charge >= 0.3 is 0 Å². The van der Waals surface area contributed by atoms with Crippen LogP contribution >= 0.6 is 10.8 Å². The largest absolute Gasteiger partial charge is 0.316 e. The van der Waals surface area contributed by atoms with Crippen LogP contribution in [0.1, 0.15) is 13.8 Å². The molecule has 0 aromatic carbocycles. The summed E-state index contributed by atoms with van der Waals surface area (Å²) in [4.78, 5) is 9.90. The number of rotatable bonds is 3. The van der Waals surface area contributed by atoms with Crippen LogP contribution in [0.3, 0.4) is 0 Å². The maximum absolute atomic E-state index is 10.3. The van der Waals surface area contributed by atoms with Gasteiger partial charge in [0.1, 0.15) is 0 Å². The molecule has 1 aliphatic rings. The van der Waals surface area contributed by atoms with Gasteiger partial charge in [-0.25, -0.2) is 0 Å². The maximum Gasteiger partial charge on any atom is 0.270 e. The van der Waals surface area contributed by atoms with Gasteiger partial charge in [0.15, 0.2) is 0 Å². The molecule has 4 nitrogen and oxygen atoms in total. The number of hydrogen-bond acceptors (Lipinski definition) is 3. The van der Waals surface area contributed by atoms with E-state index in [-0.39, 0.29) is 11.8 Å². The summed E-state index contributed by atoms with van der Waals surface area (Å²) in [6.45, 7) is 3.86. The van der Waals surface area contributed by atoms with Gasteiger partial charge in [0.05, 0.1) is 11.0 Å². The Labute approximate surface area is 79.2 Å². The van der Waals surface area contributed by atoms with Gasteiger partial charge in [-0.2, -0.15) is 0 Å². The van der Waals surface area contributed by atoms with Crippen LogP contribution in [0.25, 0.3) is 0 Å². The first-order valence-electron chi connectivity index (χ1n) is 3.86. The van der Waals surface area contributed by atoms with E-state index in [0.717, 1.165) is 0 Å². The highest BCUT2D eigenvalue weighted by Gasteiger charge is 2.08. The van der Waals surface area contributed by atoms with Crippen LogP contribution < -0.4 is 0 Å². The zero-order valence-corrected chi connectivity index (χ0v) is 8.28. The Kier molecular flexibility index (Phi) is 3.39. The lowest BCUT2D eigenvalue weighted by Gasteiger charge is -2.09. The summed E-state index contributed by atoms with van der Waals surface area (Å²) in [6, 6.07) is 0. The zero-order chi connectivity index (χ0) is 9.84. The molecule has 0 saturated carbocycles. The van der Waals surface area contributed by atoms with Gasteiger partial charge in [0.25, 0.3) is 5.70 Å². The highest BCUT2D eigenvalue weighted by atomic mass is 32.2. The molecular weight excluding hydrogens is 190 g/mol. The van der Waals surface area contributed by atoms with E-state index in [2.05, 4.69) is 0 Å². The molecule has 0 aromatic heterocycles. The first-order valence-corrected chi connectivity index (χ1v) is 5.14. The van der Waals surface area contributed by atoms with Gasteiger partial charge < -0.3 is 4.18 Å². The van der Waals surface area contributed by atoms with E-state index in [4.69, 9.17) is 4.18 Å². The van der Waals surface area contributed by atoms with Crippen molar-refractivity contribution in [2.75, 3.05) is 0 Å². The summed E-state index contributed by atoms with van der Waals surface area (Å²) in [5.74, 6) is 0. The van der Waals surface area contributed by atoms with Crippen molar-refractivity contribution in [3.8, 4) is 0 Å². The van der Waals surface area contributed by atoms with E-state index >= 15 is 0 Å². The Morgan fingerprint density at radius 3 is 2.69 bits per heavy atom. The van der Waals surface area contributed by atoms with E-state index in [9.17, 15) is 10.1 Å². The molecule has 0 bridgehead atoms. The standard InChI is InChI=1S/C8H11NO3S/c1-7(2)12-13-5-3-8(4-6-13)9(10)11/h3-7H,1-2H3. The zero-order valence-electron chi connectivity index (χ0n) is 7.47. The van der Waals surface area contributed by atoms with E-state index in [1.54, 1.807) is 10.8 Å². The third kappa shape index (κ3) is 3.12. The molecule has 0 amide bonds. The van der Waals surface area contributed by atoms with Crippen molar-refractivity contribution in [1.82, 2.24) is 0 Å². The Morgan fingerprint density at radius 2 is 2.31 bits per heavy atom. The van der Waals surface area contributed by atoms with Gasteiger partial charge in [-0.05, 0) is 35.4 Å². The van der Waals surface area contributed by atoms with Crippen molar-refractivity contribution in [1.29, 1.82) is 0 Å². The van der Waals surface area contributed by atoms with Crippen molar-refractivity contribution >= 4 is 16.1 Å². The molecule has 1 rings (SSSR count). The predicted molar refractivity (Wildman–Crippen MR) is 54.1 cm³/mol. The first-order chi connectivity index (χ1) is 6.09. The van der Waals surface area contributed by atoms with Crippen molar-refractivity contribution in [3.63, 3.8) is 0 Å². The van der Waals surface area contributed by atoms with Crippen LogP contribution in [0.5, 0.6) is 0 Å². The van der Waals surface area contributed by atoms with Gasteiger partial charge in [-0.3, -0.25) is 10.1 Å². The van der Waals surface area contributed by atoms with Gasteiger partial charge in [-0.15, -0.1) is 0 Å². The molecular formula is C8H11NO3S. The van der Waals surface area contributed by atoms with Gasteiger partial charge in [0.2, 0.25) is 0 Å². The Balaban J connectivity index is 2.68. The topological polar surface area (TPSA) is 52.4 Å². The molecule has 0 N–H and O–H groups in total. The smallest absolute Gasteiger partial charge is 0.270 e. The lowest BCUT2D eigenvalue weighted by atomic mass is 10.4. The monoisotopic (exact) mass is 201 g/mol. The van der Waals surface area contributed by atoms with Crippen molar-refractivity contribution < 1.29 is 9.11 Å². The Morgan fingerprint density at radius 1 is 1.62 bits per heavy atom. The number of hydrogen-bond donors (Lipinski definition) is 0. The van der Waals surface area contributed by atoms with Crippen LogP contribution in [0.4, 0.5) is 0 Å². The minimum absolute atomic E-state index is 0.108. The van der Waals surface area contributed by atoms with Crippen LogP contribution in [0.2, 0.25) is 0 Å². The average molecular weight is 201 g/mol. The highest BCUT2D eigenvalue weighted by Crippen LogP contribution is 2.22. The second-order valence-corrected chi connectivity index (χ2v) is 4.15. The third-order valence-electron chi connectivity index (χ3n) is 1.26. The molecule has 5 heteroatoms. The van der Waals surface area contributed by atoms with Gasteiger partial charge in [0, 0.05) is 12.2 Å². The number of allylic oxidation sites excluding steroid dienone is 2. The summed E-state index contributed by atoms with van der Waals surface area (Å²) >= 11 is 0. The van der Waals surface area contributed by atoms with Crippen LogP contribution in [0.15, 0.2) is 23.3 Å². The number of nitrogens with zero attached hydrogens (tertiary/aromatic N) is 1. The second kappa shape index (κ2) is 4.34. The molecule has 0 aromatic rings. The molecule has 13 heavy (non-hydrogen) atoms. The molecule has 0 radical (unpaired) electrons. The third-order valence-corrected chi connectivity index (χ3v) is 2.68. The minimum atomic E-state index is -0.414. The summed E-state index contributed by atoms with van der Waals surface area (Å²) < 4.78 is 5.44. The van der Waals surface area contributed by atoms with E-state index in [1.807, 2.05) is 13.8 Å². The maximum atomic E-state index is 10.3. The van der Waals surface area contributed by atoms with Crippen LogP contribution in [0, 0.1) is 10.1 Å². The molecule has 0 aliphatic carbocycles. The lowest BCUT2D eigenvalue weighted by Crippen LogP contribution is -2.01. The summed E-state index contributed by atoms with van der Waals surface area (Å²) in [5.41, 5.74) is 0.108. The molecule has 1 heterocycles. The molecule has 0 saturated heterocycles.